The van der Waals surface area contributed by atoms with Crippen LogP contribution in [0.2, 0.25) is 1.41 Å². The van der Waals surface area contributed by atoms with Crippen molar-refractivity contribution >= 4 is 0 Å². The summed E-state index contributed by atoms with van der Waals surface area (Å²) in [6.07, 6.45) is 2.58. The number of nitrogens with one attached hydrogen (secondary N) is 1. The number of hydrogen-bond acceptors (Lipinski definition) is 6. The van der Waals surface area contributed by atoms with Gasteiger partial charge in [-0.15, -0.1) is 5.10 Å². The highest BCUT2D eigenvalue weighted by Gasteiger charge is 2.16. The number of aromatic amines is 1. The minimum absolute atomic E-state index is 0.0321. The molecule has 0 bridgehead atoms. The molecule has 0 aliphatic rings. The van der Waals surface area contributed by atoms with E-state index in [9.17, 15) is 9.18 Å². The van der Waals surface area contributed by atoms with Gasteiger partial charge in [-0.25, -0.2) is 9.78 Å². The smallest absolute Gasteiger partial charge is 0.368 e. The predicted octanol–water partition coefficient (Wildman–Crippen LogP) is -0.198. The summed E-state index contributed by atoms with van der Waals surface area (Å²) in [4.78, 5) is 15.4. The van der Waals surface area contributed by atoms with Crippen molar-refractivity contribution in [2.75, 3.05) is 0 Å². The summed E-state index contributed by atoms with van der Waals surface area (Å²) in [6, 6.07) is 2.89. The molecule has 0 fully saturated rings. The van der Waals surface area contributed by atoms with Crippen molar-refractivity contribution in [2.24, 2.45) is 7.05 Å². The summed E-state index contributed by atoms with van der Waals surface area (Å²) in [5.41, 5.74) is -0.317. The van der Waals surface area contributed by atoms with Crippen molar-refractivity contribution in [1.29, 1.82) is 0 Å². The summed E-state index contributed by atoms with van der Waals surface area (Å²) >= 11 is 0. The lowest BCUT2D eigenvalue weighted by molar-refractivity contribution is 0.285. The van der Waals surface area contributed by atoms with E-state index in [2.05, 4.69) is 20.5 Å². The van der Waals surface area contributed by atoms with E-state index in [1.807, 2.05) is 0 Å². The van der Waals surface area contributed by atoms with E-state index >= 15 is 0 Å². The molecular weight excluding hydrogens is 281 g/mol. The fraction of sp³-hybridized carbons (Fsp3) is 0.182. The average molecular weight is 293 g/mol. The topological polar surface area (TPSA) is 104 Å². The number of hydrogen-bond donors (Lipinski definition) is 1. The maximum absolute atomic E-state index is 14.0. The van der Waals surface area contributed by atoms with Gasteiger partial charge < -0.3 is 4.74 Å². The van der Waals surface area contributed by atoms with Crippen LogP contribution in [0, 0.1) is 5.95 Å². The number of nitrogens with zero attached hydrogens (tertiary/aromatic N) is 6. The molecule has 10 heteroatoms. The zero-order valence-electron chi connectivity index (χ0n) is 11.8. The van der Waals surface area contributed by atoms with Crippen LogP contribution in [0.4, 0.5) is 4.39 Å². The molecule has 3 aromatic heterocycles. The van der Waals surface area contributed by atoms with Gasteiger partial charge >= 0.3 is 5.69 Å². The molecule has 0 atom stereocenters. The van der Waals surface area contributed by atoms with Gasteiger partial charge in [0.1, 0.15) is 6.61 Å². The zero-order chi connectivity index (χ0) is 15.7. The summed E-state index contributed by atoms with van der Waals surface area (Å²) in [7, 11) is 1.43. The maximum atomic E-state index is 14.0. The molecule has 3 aromatic rings. The average Bonchev–Trinajstić information content (AvgIpc) is 3.05. The van der Waals surface area contributed by atoms with E-state index in [4.69, 9.17) is 6.15 Å². The highest BCUT2D eigenvalue weighted by molar-refractivity contribution is 5.37. The second kappa shape index (κ2) is 5.15. The van der Waals surface area contributed by atoms with Crippen LogP contribution in [0.1, 0.15) is 5.56 Å². The van der Waals surface area contributed by atoms with Crippen LogP contribution in [0.5, 0.6) is 5.88 Å². The lowest BCUT2D eigenvalue weighted by atomic mass is 10.2. The van der Waals surface area contributed by atoms with Gasteiger partial charge in [0.05, 0.1) is 11.3 Å². The molecule has 0 radical (unpaired) electrons. The second-order valence-electron chi connectivity index (χ2n) is 4.05. The van der Waals surface area contributed by atoms with Crippen LogP contribution in [-0.4, -0.2) is 35.0 Å². The highest BCUT2D eigenvalue weighted by atomic mass is 19.1. The van der Waals surface area contributed by atoms with Crippen LogP contribution in [0.3, 0.4) is 0 Å². The molecule has 9 nitrogen and oxygen atoms in total. The normalized spacial score (nSPS) is 11.4. The molecule has 0 amide bonds. The summed E-state index contributed by atoms with van der Waals surface area (Å²) < 4.78 is 28.4. The largest absolute Gasteiger partial charge is 0.471 e. The number of aryl methyl sites for hydroxylation is 1. The molecule has 0 spiro atoms. The summed E-state index contributed by atoms with van der Waals surface area (Å²) in [5, 5.41) is 11.7. The Morgan fingerprint density at radius 2 is 2.33 bits per heavy atom. The van der Waals surface area contributed by atoms with Crippen LogP contribution in [0.25, 0.3) is 5.69 Å². The molecule has 0 aliphatic heterocycles. The fourth-order valence-electron chi connectivity index (χ4n) is 1.70. The molecule has 1 N–H and O–H groups in total. The Bertz CT molecular complexity index is 871. The van der Waals surface area contributed by atoms with E-state index in [1.54, 1.807) is 0 Å². The first-order valence-electron chi connectivity index (χ1n) is 6.31. The monoisotopic (exact) mass is 293 g/mol. The Labute approximate surface area is 118 Å². The van der Waals surface area contributed by atoms with Gasteiger partial charge in [-0.2, -0.15) is 13.8 Å². The second-order valence-corrected chi connectivity index (χ2v) is 4.05. The minimum atomic E-state index is -0.791. The molecule has 21 heavy (non-hydrogen) atoms. The summed E-state index contributed by atoms with van der Waals surface area (Å²) in [6.45, 7) is -0.227. The zero-order valence-corrected chi connectivity index (χ0v) is 10.8. The SMILES string of the molecule is [3H]n1ccc(OCc2c(-n3nnn(C)c3=O)ccnc2F)n1. The molecule has 0 saturated heterocycles. The minimum Gasteiger partial charge on any atom is -0.471 e. The number of ether oxygens (including phenoxy) is 1. The number of tetrazole rings is 1. The molecule has 3 rings (SSSR count). The number of H-pyrrole nitrogens is 1. The van der Waals surface area contributed by atoms with Gasteiger partial charge in [-0.3, -0.25) is 5.09 Å². The van der Waals surface area contributed by atoms with E-state index < -0.39 is 11.6 Å². The Kier molecular flexibility index (Phi) is 2.88. The maximum Gasteiger partial charge on any atom is 0.368 e. The van der Waals surface area contributed by atoms with E-state index in [-0.39, 0.29) is 23.7 Å². The van der Waals surface area contributed by atoms with Crippen LogP contribution in [-0.2, 0) is 13.7 Å². The van der Waals surface area contributed by atoms with Crippen molar-refractivity contribution in [3.63, 3.8) is 0 Å². The van der Waals surface area contributed by atoms with Crippen LogP contribution in [0.15, 0.2) is 29.3 Å². The quantitative estimate of drug-likeness (QED) is 0.668. The first-order chi connectivity index (χ1) is 10.6. The van der Waals surface area contributed by atoms with Crippen LogP contribution >= 0.6 is 0 Å². The Hall–Kier alpha value is -3.04. The van der Waals surface area contributed by atoms with Gasteiger partial charge in [-0.1, -0.05) is 0 Å². The van der Waals surface area contributed by atoms with Gasteiger partial charge in [-0.05, 0) is 16.5 Å². The van der Waals surface area contributed by atoms with Crippen molar-refractivity contribution in [2.45, 2.75) is 6.61 Å². The predicted molar refractivity (Wildman–Crippen MR) is 67.3 cm³/mol. The van der Waals surface area contributed by atoms with E-state index in [1.165, 1.54) is 31.6 Å². The molecule has 0 unspecified atom stereocenters. The molecule has 0 aromatic carbocycles. The molecule has 3 heterocycles. The van der Waals surface area contributed by atoms with E-state index in [0.29, 0.717) is 0 Å². The van der Waals surface area contributed by atoms with Gasteiger partial charge in [0.25, 0.3) is 0 Å². The first kappa shape index (κ1) is 11.8. The number of aromatic nitrogens is 7. The van der Waals surface area contributed by atoms with Crippen molar-refractivity contribution in [3.8, 4) is 11.6 Å². The Morgan fingerprint density at radius 3 is 3.00 bits per heavy atom. The van der Waals surface area contributed by atoms with Gasteiger partial charge in [0, 0.05) is 25.5 Å². The highest BCUT2D eigenvalue weighted by Crippen LogP contribution is 2.16. The lowest BCUT2D eigenvalue weighted by Gasteiger charge is -2.08. The van der Waals surface area contributed by atoms with Gasteiger partial charge in [0.15, 0.2) is 1.41 Å². The fourth-order valence-corrected chi connectivity index (χ4v) is 1.70. The molecule has 108 valence electrons. The van der Waals surface area contributed by atoms with Crippen molar-refractivity contribution in [1.82, 2.24) is 35.0 Å². The lowest BCUT2D eigenvalue weighted by Crippen LogP contribution is -2.23. The first-order valence-corrected chi connectivity index (χ1v) is 5.87. The number of rotatable bonds is 4. The Morgan fingerprint density at radius 1 is 1.48 bits per heavy atom. The van der Waals surface area contributed by atoms with Gasteiger partial charge in [0.2, 0.25) is 11.8 Å². The number of pyridine rings is 1. The standard InChI is InChI=1S/C11H10FN7O2/c1-18-11(20)19(17-16-18)8-2-4-13-10(12)7(8)6-21-9-3-5-14-15-9/h2-5H,6H2,1H3,(H,14,15)/i/hT. The van der Waals surface area contributed by atoms with Crippen molar-refractivity contribution < 1.29 is 10.5 Å². The third-order valence-corrected chi connectivity index (χ3v) is 2.73. The third-order valence-electron chi connectivity index (χ3n) is 2.73. The third kappa shape index (κ3) is 2.38. The number of halogens is 1. The molecule has 0 aliphatic carbocycles. The Balaban J connectivity index is 1.96. The van der Waals surface area contributed by atoms with Crippen LogP contribution < -0.4 is 10.4 Å². The van der Waals surface area contributed by atoms with Crippen molar-refractivity contribution in [3.05, 3.63) is 46.5 Å². The molecule has 0 saturated carbocycles. The summed E-state index contributed by atoms with van der Waals surface area (Å²) in [5.74, 6) is -0.643. The molecular formula is C11H10FN7O2. The van der Waals surface area contributed by atoms with E-state index in [0.717, 1.165) is 14.5 Å².